The van der Waals surface area contributed by atoms with E-state index in [1.165, 1.54) is 6.92 Å². The third-order valence-corrected chi connectivity index (χ3v) is 4.31. The van der Waals surface area contributed by atoms with E-state index >= 15 is 0 Å². The minimum Gasteiger partial charge on any atom is -0.442 e. The fraction of sp³-hybridized carbons (Fsp3) is 0.438. The van der Waals surface area contributed by atoms with E-state index in [1.54, 1.807) is 4.90 Å². The van der Waals surface area contributed by atoms with Gasteiger partial charge in [0.25, 0.3) is 0 Å². The predicted octanol–water partition coefficient (Wildman–Crippen LogP) is 1.32. The lowest BCUT2D eigenvalue weighted by Gasteiger charge is -2.29. The number of hydrogen-bond acceptors (Lipinski definition) is 5. The van der Waals surface area contributed by atoms with Crippen LogP contribution < -0.4 is 15.1 Å². The molecule has 128 valence electrons. The molecule has 1 atom stereocenters. The summed E-state index contributed by atoms with van der Waals surface area (Å²) in [5, 5.41) is 15.0. The van der Waals surface area contributed by atoms with Crippen molar-refractivity contribution in [3.8, 4) is 0 Å². The number of oxime groups is 1. The maximum atomic E-state index is 12.1. The maximum absolute atomic E-state index is 12.1. The topological polar surface area (TPSA) is 94.5 Å². The van der Waals surface area contributed by atoms with Crippen LogP contribution in [-0.4, -0.2) is 49.3 Å². The summed E-state index contributed by atoms with van der Waals surface area (Å²) < 4.78 is 5.29. The Morgan fingerprint density at radius 1 is 1.46 bits per heavy atom. The summed E-state index contributed by atoms with van der Waals surface area (Å²) in [6.45, 7) is 2.14. The molecule has 0 aliphatic carbocycles. The highest BCUT2D eigenvalue weighted by Gasteiger charge is 2.33. The zero-order valence-corrected chi connectivity index (χ0v) is 13.7. The first kappa shape index (κ1) is 16.1. The van der Waals surface area contributed by atoms with Crippen LogP contribution in [0.25, 0.3) is 0 Å². The number of fused-ring (bicyclic) bond motifs is 1. The average molecular weight is 332 g/mol. The van der Waals surface area contributed by atoms with Crippen LogP contribution in [-0.2, 0) is 16.0 Å². The zero-order valence-electron chi connectivity index (χ0n) is 13.7. The highest BCUT2D eigenvalue weighted by Crippen LogP contribution is 2.32. The highest BCUT2D eigenvalue weighted by molar-refractivity contribution is 6.00. The second-order valence-electron chi connectivity index (χ2n) is 5.94. The van der Waals surface area contributed by atoms with Gasteiger partial charge in [-0.15, -0.1) is 0 Å². The maximum Gasteiger partial charge on any atom is 0.414 e. The summed E-state index contributed by atoms with van der Waals surface area (Å²) in [5.74, 6) is 0.467. The molecule has 1 fully saturated rings. The number of carbonyl (C=O) groups excluding carboxylic acids is 2. The molecule has 2 aliphatic heterocycles. The lowest BCUT2D eigenvalue weighted by Crippen LogP contribution is -2.33. The molecule has 8 nitrogen and oxygen atoms in total. The number of ether oxygens (including phenoxy) is 1. The molecular formula is C16H20N4O4. The van der Waals surface area contributed by atoms with Crippen molar-refractivity contribution >= 4 is 29.2 Å². The summed E-state index contributed by atoms with van der Waals surface area (Å²) in [5.41, 5.74) is 2.81. The highest BCUT2D eigenvalue weighted by atomic mass is 16.6. The van der Waals surface area contributed by atoms with E-state index in [-0.39, 0.29) is 12.0 Å². The number of aryl methyl sites for hydroxylation is 1. The molecule has 2 amide bonds. The number of amides is 2. The molecule has 0 bridgehead atoms. The molecule has 0 spiro atoms. The number of carbonyl (C=O) groups is 2. The number of anilines is 2. The predicted molar refractivity (Wildman–Crippen MR) is 88.7 cm³/mol. The van der Waals surface area contributed by atoms with Gasteiger partial charge >= 0.3 is 6.09 Å². The molecule has 0 radical (unpaired) electrons. The fourth-order valence-corrected chi connectivity index (χ4v) is 3.03. The van der Waals surface area contributed by atoms with Gasteiger partial charge in [-0.1, -0.05) is 5.16 Å². The fourth-order valence-electron chi connectivity index (χ4n) is 3.03. The van der Waals surface area contributed by atoms with Crippen LogP contribution >= 0.6 is 0 Å². The summed E-state index contributed by atoms with van der Waals surface area (Å²) >= 11 is 0. The zero-order chi connectivity index (χ0) is 17.3. The molecule has 2 N–H and O–H groups in total. The Bertz CT molecular complexity index is 703. The second kappa shape index (κ2) is 6.38. The first-order chi connectivity index (χ1) is 11.5. The van der Waals surface area contributed by atoms with E-state index in [9.17, 15) is 9.59 Å². The SMILES string of the molecule is CC(=O)NCC1CN(c2ccc3c(c2)CCC(=NO)N3C)C(=O)O1. The summed E-state index contributed by atoms with van der Waals surface area (Å²) in [7, 11) is 1.85. The van der Waals surface area contributed by atoms with Crippen LogP contribution in [0.15, 0.2) is 23.4 Å². The van der Waals surface area contributed by atoms with Crippen LogP contribution in [0.5, 0.6) is 0 Å². The van der Waals surface area contributed by atoms with Crippen LogP contribution in [0, 0.1) is 0 Å². The van der Waals surface area contributed by atoms with E-state index in [0.29, 0.717) is 25.3 Å². The number of cyclic esters (lactones) is 1. The van der Waals surface area contributed by atoms with E-state index in [4.69, 9.17) is 9.94 Å². The molecule has 3 rings (SSSR count). The van der Waals surface area contributed by atoms with Gasteiger partial charge < -0.3 is 20.2 Å². The summed E-state index contributed by atoms with van der Waals surface area (Å²) in [6.07, 6.45) is 0.616. The third kappa shape index (κ3) is 2.99. The van der Waals surface area contributed by atoms with Crippen LogP contribution in [0.3, 0.4) is 0 Å². The first-order valence-corrected chi connectivity index (χ1v) is 7.79. The number of benzene rings is 1. The Kier molecular flexibility index (Phi) is 4.28. The Morgan fingerprint density at radius 3 is 2.96 bits per heavy atom. The van der Waals surface area contributed by atoms with Crippen LogP contribution in [0.1, 0.15) is 18.9 Å². The van der Waals surface area contributed by atoms with Gasteiger partial charge in [0.2, 0.25) is 5.91 Å². The first-order valence-electron chi connectivity index (χ1n) is 7.79. The average Bonchev–Trinajstić information content (AvgIpc) is 2.94. The van der Waals surface area contributed by atoms with Gasteiger partial charge in [-0.05, 0) is 30.2 Å². The molecule has 2 aliphatic rings. The molecule has 0 saturated carbocycles. The van der Waals surface area contributed by atoms with Crippen molar-refractivity contribution in [1.82, 2.24) is 5.32 Å². The van der Waals surface area contributed by atoms with Gasteiger partial charge in [-0.3, -0.25) is 9.69 Å². The van der Waals surface area contributed by atoms with E-state index in [0.717, 1.165) is 23.4 Å². The normalized spacial score (nSPS) is 21.7. The minimum absolute atomic E-state index is 0.150. The third-order valence-electron chi connectivity index (χ3n) is 4.31. The van der Waals surface area contributed by atoms with Gasteiger partial charge in [0.1, 0.15) is 11.9 Å². The number of rotatable bonds is 3. The van der Waals surface area contributed by atoms with Gasteiger partial charge in [0.05, 0.1) is 13.1 Å². The molecule has 1 saturated heterocycles. The van der Waals surface area contributed by atoms with Crippen LogP contribution in [0.4, 0.5) is 16.2 Å². The van der Waals surface area contributed by atoms with Crippen molar-refractivity contribution in [2.24, 2.45) is 5.16 Å². The Hall–Kier alpha value is -2.77. The monoisotopic (exact) mass is 332 g/mol. The molecule has 1 aromatic rings. The van der Waals surface area contributed by atoms with Crippen molar-refractivity contribution in [1.29, 1.82) is 0 Å². The molecule has 24 heavy (non-hydrogen) atoms. The summed E-state index contributed by atoms with van der Waals surface area (Å²) in [4.78, 5) is 26.5. The number of nitrogens with zero attached hydrogens (tertiary/aromatic N) is 3. The number of amidine groups is 1. The van der Waals surface area contributed by atoms with Gasteiger partial charge in [-0.2, -0.15) is 0 Å². The lowest BCUT2D eigenvalue weighted by atomic mass is 10.0. The molecule has 2 heterocycles. The second-order valence-corrected chi connectivity index (χ2v) is 5.94. The molecule has 8 heteroatoms. The molecular weight excluding hydrogens is 312 g/mol. The van der Waals surface area contributed by atoms with Crippen molar-refractivity contribution in [2.75, 3.05) is 29.9 Å². The lowest BCUT2D eigenvalue weighted by molar-refractivity contribution is -0.119. The smallest absolute Gasteiger partial charge is 0.414 e. The molecule has 0 aromatic heterocycles. The van der Waals surface area contributed by atoms with E-state index < -0.39 is 6.09 Å². The van der Waals surface area contributed by atoms with Crippen molar-refractivity contribution in [3.63, 3.8) is 0 Å². The van der Waals surface area contributed by atoms with Crippen molar-refractivity contribution in [2.45, 2.75) is 25.9 Å². The van der Waals surface area contributed by atoms with Gasteiger partial charge in [0.15, 0.2) is 0 Å². The van der Waals surface area contributed by atoms with Crippen LogP contribution in [0.2, 0.25) is 0 Å². The van der Waals surface area contributed by atoms with Crippen molar-refractivity contribution < 1.29 is 19.5 Å². The quantitative estimate of drug-likeness (QED) is 0.643. The Morgan fingerprint density at radius 2 is 2.25 bits per heavy atom. The summed E-state index contributed by atoms with van der Waals surface area (Å²) in [6, 6.07) is 5.71. The minimum atomic E-state index is -0.410. The number of hydrogen-bond donors (Lipinski definition) is 2. The van der Waals surface area contributed by atoms with Gasteiger partial charge in [0, 0.05) is 31.8 Å². The Labute approximate surface area is 139 Å². The standard InChI is InChI=1S/C16H20N4O4/c1-10(21)17-8-13-9-20(16(22)24-13)12-4-5-14-11(7-12)3-6-15(18-23)19(14)2/h4-5,7,13,23H,3,6,8-9H2,1-2H3,(H,17,21). The molecule has 1 aromatic carbocycles. The Balaban J connectivity index is 1.77. The van der Waals surface area contributed by atoms with E-state index in [1.807, 2.05) is 30.1 Å². The number of nitrogens with one attached hydrogen (secondary N) is 1. The largest absolute Gasteiger partial charge is 0.442 e. The van der Waals surface area contributed by atoms with E-state index in [2.05, 4.69) is 10.5 Å². The molecule has 1 unspecified atom stereocenters. The van der Waals surface area contributed by atoms with Crippen molar-refractivity contribution in [3.05, 3.63) is 23.8 Å². The van der Waals surface area contributed by atoms with Gasteiger partial charge in [-0.25, -0.2) is 4.79 Å².